The zero-order chi connectivity index (χ0) is 12.6. The molecular weight excluding hydrogens is 224 g/mol. The highest BCUT2D eigenvalue weighted by atomic mass is 16.5. The van der Waals surface area contributed by atoms with Crippen molar-refractivity contribution in [2.24, 2.45) is 5.92 Å². The van der Waals surface area contributed by atoms with Crippen LogP contribution in [0.5, 0.6) is 0 Å². The molecule has 1 N–H and O–H groups in total. The fraction of sp³-hybridized carbons (Fsp3) is 1.00. The Labute approximate surface area is 111 Å². The van der Waals surface area contributed by atoms with E-state index in [2.05, 4.69) is 24.1 Å². The second-order valence-electron chi connectivity index (χ2n) is 7.00. The summed E-state index contributed by atoms with van der Waals surface area (Å²) in [5.74, 6) is 0.775. The molecule has 0 bridgehead atoms. The molecule has 104 valence electrons. The number of piperidine rings is 1. The molecule has 2 aliphatic heterocycles. The maximum Gasteiger partial charge on any atom is 0.122 e. The van der Waals surface area contributed by atoms with Crippen molar-refractivity contribution in [3.05, 3.63) is 0 Å². The Bertz CT molecular complexity index is 291. The van der Waals surface area contributed by atoms with E-state index in [0.717, 1.165) is 12.5 Å². The molecule has 1 saturated carbocycles. The number of hydrogen-bond acceptors (Lipinski definition) is 3. The Morgan fingerprint density at radius 1 is 1.11 bits per heavy atom. The lowest BCUT2D eigenvalue weighted by Crippen LogP contribution is -2.65. The molecule has 0 aromatic heterocycles. The number of ether oxygens (including phenoxy) is 1. The van der Waals surface area contributed by atoms with Gasteiger partial charge in [0.15, 0.2) is 0 Å². The van der Waals surface area contributed by atoms with Crippen LogP contribution in [0, 0.1) is 5.92 Å². The van der Waals surface area contributed by atoms with Crippen LogP contribution < -0.4 is 5.32 Å². The quantitative estimate of drug-likeness (QED) is 0.816. The van der Waals surface area contributed by atoms with E-state index in [9.17, 15) is 0 Å². The van der Waals surface area contributed by atoms with Crippen molar-refractivity contribution in [3.8, 4) is 0 Å². The van der Waals surface area contributed by atoms with Crippen LogP contribution in [-0.4, -0.2) is 42.4 Å². The van der Waals surface area contributed by atoms with Crippen LogP contribution in [0.1, 0.15) is 52.4 Å². The largest absolute Gasteiger partial charge is 0.354 e. The maximum atomic E-state index is 6.55. The Morgan fingerprint density at radius 2 is 1.83 bits per heavy atom. The van der Waals surface area contributed by atoms with Gasteiger partial charge in [0.2, 0.25) is 0 Å². The Kier molecular flexibility index (Phi) is 3.41. The highest BCUT2D eigenvalue weighted by Crippen LogP contribution is 2.45. The van der Waals surface area contributed by atoms with E-state index in [1.54, 1.807) is 0 Å². The van der Waals surface area contributed by atoms with Gasteiger partial charge in [0, 0.05) is 39.0 Å². The first-order chi connectivity index (χ1) is 8.62. The summed E-state index contributed by atoms with van der Waals surface area (Å²) in [7, 11) is 0. The highest BCUT2D eigenvalue weighted by Gasteiger charge is 2.49. The fourth-order valence-electron chi connectivity index (χ4n) is 3.83. The van der Waals surface area contributed by atoms with E-state index in [1.165, 1.54) is 58.2 Å². The van der Waals surface area contributed by atoms with Gasteiger partial charge in [-0.15, -0.1) is 0 Å². The highest BCUT2D eigenvalue weighted by molar-refractivity contribution is 4.99. The first kappa shape index (κ1) is 12.9. The summed E-state index contributed by atoms with van der Waals surface area (Å²) in [4.78, 5) is 2.60. The average Bonchev–Trinajstić information content (AvgIpc) is 2.30. The van der Waals surface area contributed by atoms with Crippen molar-refractivity contribution < 1.29 is 4.74 Å². The average molecular weight is 252 g/mol. The van der Waals surface area contributed by atoms with Crippen LogP contribution in [0.15, 0.2) is 0 Å². The molecule has 3 fully saturated rings. The van der Waals surface area contributed by atoms with E-state index < -0.39 is 0 Å². The molecule has 3 heteroatoms. The first-order valence-corrected chi connectivity index (χ1v) is 7.79. The predicted molar refractivity (Wildman–Crippen MR) is 73.5 cm³/mol. The van der Waals surface area contributed by atoms with E-state index in [1.807, 2.05) is 0 Å². The molecule has 0 amide bonds. The summed E-state index contributed by atoms with van der Waals surface area (Å²) in [6, 6.07) is 0. The van der Waals surface area contributed by atoms with Gasteiger partial charge in [-0.1, -0.05) is 13.8 Å². The van der Waals surface area contributed by atoms with Crippen LogP contribution >= 0.6 is 0 Å². The molecule has 1 aliphatic carbocycles. The summed E-state index contributed by atoms with van der Waals surface area (Å²) >= 11 is 0. The number of likely N-dealkylation sites (tertiary alicyclic amines) is 1. The van der Waals surface area contributed by atoms with Gasteiger partial charge in [0.05, 0.1) is 5.60 Å². The van der Waals surface area contributed by atoms with Crippen molar-refractivity contribution in [2.45, 2.75) is 63.7 Å². The van der Waals surface area contributed by atoms with E-state index in [0.29, 0.717) is 0 Å². The van der Waals surface area contributed by atoms with Gasteiger partial charge in [-0.25, -0.2) is 0 Å². The lowest BCUT2D eigenvalue weighted by atomic mass is 9.75. The third-order valence-electron chi connectivity index (χ3n) is 4.99. The Balaban J connectivity index is 1.57. The Hall–Kier alpha value is -0.120. The molecule has 0 aromatic carbocycles. The van der Waals surface area contributed by atoms with Gasteiger partial charge in [0.1, 0.15) is 5.72 Å². The van der Waals surface area contributed by atoms with Crippen molar-refractivity contribution in [1.82, 2.24) is 10.2 Å². The van der Waals surface area contributed by atoms with Gasteiger partial charge in [-0.05, 0) is 31.6 Å². The summed E-state index contributed by atoms with van der Waals surface area (Å²) < 4.78 is 6.55. The minimum Gasteiger partial charge on any atom is -0.354 e. The van der Waals surface area contributed by atoms with Gasteiger partial charge in [-0.3, -0.25) is 5.32 Å². The topological polar surface area (TPSA) is 24.5 Å². The minimum atomic E-state index is 0.0200. The summed E-state index contributed by atoms with van der Waals surface area (Å²) in [6.45, 7) is 9.40. The molecule has 0 radical (unpaired) electrons. The molecular formula is C15H28N2O. The molecule has 3 nitrogen and oxygen atoms in total. The van der Waals surface area contributed by atoms with Crippen LogP contribution in [0.3, 0.4) is 0 Å². The van der Waals surface area contributed by atoms with Gasteiger partial charge < -0.3 is 9.64 Å². The zero-order valence-corrected chi connectivity index (χ0v) is 12.0. The van der Waals surface area contributed by atoms with Crippen LogP contribution in [-0.2, 0) is 4.74 Å². The van der Waals surface area contributed by atoms with Gasteiger partial charge in [0.25, 0.3) is 0 Å². The molecule has 2 saturated heterocycles. The fourth-order valence-corrected chi connectivity index (χ4v) is 3.83. The van der Waals surface area contributed by atoms with Crippen LogP contribution in [0.4, 0.5) is 0 Å². The van der Waals surface area contributed by atoms with Crippen molar-refractivity contribution in [3.63, 3.8) is 0 Å². The van der Waals surface area contributed by atoms with E-state index in [4.69, 9.17) is 4.74 Å². The third kappa shape index (κ3) is 2.45. The number of nitrogens with zero attached hydrogens (tertiary/aromatic N) is 1. The van der Waals surface area contributed by atoms with Crippen LogP contribution in [0.25, 0.3) is 0 Å². The molecule has 2 heterocycles. The number of rotatable bonds is 2. The van der Waals surface area contributed by atoms with Gasteiger partial charge in [-0.2, -0.15) is 0 Å². The molecule has 0 aromatic rings. The smallest absolute Gasteiger partial charge is 0.122 e. The molecule has 2 spiro atoms. The van der Waals surface area contributed by atoms with Crippen molar-refractivity contribution in [2.75, 3.05) is 26.2 Å². The molecule has 3 aliphatic rings. The van der Waals surface area contributed by atoms with Crippen molar-refractivity contribution in [1.29, 1.82) is 0 Å². The normalized spacial score (nSPS) is 30.8. The lowest BCUT2D eigenvalue weighted by Gasteiger charge is -2.55. The predicted octanol–water partition coefficient (Wildman–Crippen LogP) is 2.37. The second kappa shape index (κ2) is 4.77. The van der Waals surface area contributed by atoms with Crippen LogP contribution in [0.2, 0.25) is 0 Å². The van der Waals surface area contributed by atoms with E-state index >= 15 is 0 Å². The number of nitrogens with one attached hydrogen (secondary N) is 1. The Morgan fingerprint density at radius 3 is 2.39 bits per heavy atom. The summed E-state index contributed by atoms with van der Waals surface area (Å²) in [5, 5.41) is 3.68. The number of hydrogen-bond donors (Lipinski definition) is 1. The summed E-state index contributed by atoms with van der Waals surface area (Å²) in [5.41, 5.74) is 0.289. The molecule has 0 unspecified atom stereocenters. The molecule has 0 atom stereocenters. The lowest BCUT2D eigenvalue weighted by molar-refractivity contribution is -0.244. The standard InChI is InChI=1S/C15H28N2O/c1-13(2)12-17-10-7-15(8-11-17)16-9-6-14(18-15)4-3-5-14/h13,16H,3-12H2,1-2H3. The summed E-state index contributed by atoms with van der Waals surface area (Å²) in [6.07, 6.45) is 7.53. The maximum absolute atomic E-state index is 6.55. The second-order valence-corrected chi connectivity index (χ2v) is 7.00. The SMILES string of the molecule is CC(C)CN1CCC2(CC1)NCCC1(CCC1)O2. The van der Waals surface area contributed by atoms with Crippen molar-refractivity contribution >= 4 is 0 Å². The molecule has 18 heavy (non-hydrogen) atoms. The van der Waals surface area contributed by atoms with Gasteiger partial charge >= 0.3 is 0 Å². The minimum absolute atomic E-state index is 0.0200. The van der Waals surface area contributed by atoms with E-state index in [-0.39, 0.29) is 11.3 Å². The molecule has 3 rings (SSSR count). The first-order valence-electron chi connectivity index (χ1n) is 7.79. The monoisotopic (exact) mass is 252 g/mol. The third-order valence-corrected chi connectivity index (χ3v) is 4.99. The zero-order valence-electron chi connectivity index (χ0n) is 12.0.